The van der Waals surface area contributed by atoms with E-state index in [-0.39, 0.29) is 17.7 Å². The number of aryl methyl sites for hydroxylation is 2. The number of carbonyl (C=O) groups is 2. The number of piperazine rings is 1. The first kappa shape index (κ1) is 18.6. The highest BCUT2D eigenvalue weighted by molar-refractivity contribution is 5.89. The normalized spacial score (nSPS) is 18.8. The molecular weight excluding hydrogens is 358 g/mol. The maximum Gasteiger partial charge on any atom is 0.244 e. The predicted molar refractivity (Wildman–Crippen MR) is 105 cm³/mol. The van der Waals surface area contributed by atoms with Gasteiger partial charge in [-0.2, -0.15) is 5.10 Å². The van der Waals surface area contributed by atoms with Crippen molar-refractivity contribution in [3.8, 4) is 0 Å². The van der Waals surface area contributed by atoms with E-state index in [0.717, 1.165) is 36.1 Å². The minimum Gasteiger partial charge on any atom is -0.352 e. The van der Waals surface area contributed by atoms with Gasteiger partial charge in [-0.15, -0.1) is 0 Å². The zero-order valence-electron chi connectivity index (χ0n) is 16.7. The molecule has 9 nitrogen and oxygen atoms in total. The minimum atomic E-state index is -0.481. The van der Waals surface area contributed by atoms with Gasteiger partial charge in [0.25, 0.3) is 0 Å². The maximum atomic E-state index is 12.7. The molecule has 2 fully saturated rings. The number of nitrogens with zero attached hydrogens (tertiary/aromatic N) is 6. The Balaban J connectivity index is 1.39. The van der Waals surface area contributed by atoms with Crippen LogP contribution in [0, 0.1) is 12.8 Å². The Hall–Kier alpha value is -2.71. The summed E-state index contributed by atoms with van der Waals surface area (Å²) in [6.07, 6.45) is 4.77. The molecule has 0 radical (unpaired) electrons. The Labute approximate surface area is 164 Å². The SMILES string of the molecule is Cc1nc(N2CCN(C(=O)C(C)NC(=O)C3CCC3)CC2)c2cnn(C)c2n1. The molecule has 1 atom stereocenters. The van der Waals surface area contributed by atoms with Crippen molar-refractivity contribution in [1.29, 1.82) is 0 Å². The zero-order chi connectivity index (χ0) is 19.8. The Morgan fingerprint density at radius 1 is 1.18 bits per heavy atom. The zero-order valence-corrected chi connectivity index (χ0v) is 16.7. The van der Waals surface area contributed by atoms with Crippen molar-refractivity contribution in [2.24, 2.45) is 13.0 Å². The lowest BCUT2D eigenvalue weighted by Crippen LogP contribution is -2.55. The Kier molecular flexibility index (Phi) is 4.91. The Morgan fingerprint density at radius 2 is 1.89 bits per heavy atom. The molecule has 1 unspecified atom stereocenters. The van der Waals surface area contributed by atoms with Crippen LogP contribution in [0.3, 0.4) is 0 Å². The Morgan fingerprint density at radius 3 is 2.54 bits per heavy atom. The van der Waals surface area contributed by atoms with Crippen LogP contribution in [0.4, 0.5) is 5.82 Å². The number of nitrogens with one attached hydrogen (secondary N) is 1. The second-order valence-corrected chi connectivity index (χ2v) is 7.77. The third-order valence-corrected chi connectivity index (χ3v) is 5.78. The number of hydrogen-bond donors (Lipinski definition) is 1. The average Bonchev–Trinajstić information content (AvgIpc) is 3.00. The molecular formula is C19H27N7O2. The van der Waals surface area contributed by atoms with E-state index in [1.54, 1.807) is 17.8 Å². The highest BCUT2D eigenvalue weighted by Gasteiger charge is 2.30. The summed E-state index contributed by atoms with van der Waals surface area (Å²) in [6, 6.07) is -0.481. The van der Waals surface area contributed by atoms with Crippen molar-refractivity contribution in [1.82, 2.24) is 30.0 Å². The van der Waals surface area contributed by atoms with E-state index < -0.39 is 6.04 Å². The standard InChI is InChI=1S/C19H27N7O2/c1-12(21-18(27)14-5-4-6-14)19(28)26-9-7-25(8-10-26)17-15-11-20-24(3)16(15)22-13(2)23-17/h11-12,14H,4-10H2,1-3H3,(H,21,27). The molecule has 1 aliphatic heterocycles. The van der Waals surface area contributed by atoms with Gasteiger partial charge in [-0.3, -0.25) is 14.3 Å². The van der Waals surface area contributed by atoms with E-state index in [1.807, 2.05) is 18.9 Å². The van der Waals surface area contributed by atoms with Crippen LogP contribution < -0.4 is 10.2 Å². The van der Waals surface area contributed by atoms with E-state index in [1.165, 1.54) is 0 Å². The first-order valence-electron chi connectivity index (χ1n) is 9.94. The first-order chi connectivity index (χ1) is 13.4. The van der Waals surface area contributed by atoms with Crippen LogP contribution in [-0.2, 0) is 16.6 Å². The molecule has 3 heterocycles. The lowest BCUT2D eigenvalue weighted by atomic mass is 9.84. The molecule has 2 aliphatic rings. The number of amides is 2. The topological polar surface area (TPSA) is 96.3 Å². The van der Waals surface area contributed by atoms with Crippen LogP contribution in [0.1, 0.15) is 32.0 Å². The van der Waals surface area contributed by atoms with E-state index in [4.69, 9.17) is 0 Å². The van der Waals surface area contributed by atoms with Gasteiger partial charge in [0, 0.05) is 39.1 Å². The van der Waals surface area contributed by atoms with Crippen molar-refractivity contribution in [3.63, 3.8) is 0 Å². The summed E-state index contributed by atoms with van der Waals surface area (Å²) >= 11 is 0. The van der Waals surface area contributed by atoms with Gasteiger partial charge in [-0.05, 0) is 26.7 Å². The quantitative estimate of drug-likeness (QED) is 0.829. The van der Waals surface area contributed by atoms with Gasteiger partial charge in [-0.25, -0.2) is 9.97 Å². The van der Waals surface area contributed by atoms with Gasteiger partial charge in [0.1, 0.15) is 17.7 Å². The fraction of sp³-hybridized carbons (Fsp3) is 0.632. The van der Waals surface area contributed by atoms with Crippen LogP contribution in [-0.4, -0.2) is 68.7 Å². The van der Waals surface area contributed by atoms with Crippen LogP contribution in [0.15, 0.2) is 6.20 Å². The second-order valence-electron chi connectivity index (χ2n) is 7.77. The minimum absolute atomic E-state index is 0.0150. The molecule has 2 aromatic heterocycles. The van der Waals surface area contributed by atoms with Crippen molar-refractivity contribution in [3.05, 3.63) is 12.0 Å². The lowest BCUT2D eigenvalue weighted by molar-refractivity contribution is -0.138. The molecule has 4 rings (SSSR count). The van der Waals surface area contributed by atoms with Crippen molar-refractivity contribution < 1.29 is 9.59 Å². The fourth-order valence-corrected chi connectivity index (χ4v) is 3.83. The number of aromatic nitrogens is 4. The van der Waals surface area contributed by atoms with Crippen molar-refractivity contribution >= 4 is 28.7 Å². The van der Waals surface area contributed by atoms with Crippen LogP contribution in [0.2, 0.25) is 0 Å². The number of hydrogen-bond acceptors (Lipinski definition) is 6. The smallest absolute Gasteiger partial charge is 0.244 e. The van der Waals surface area contributed by atoms with Gasteiger partial charge in [-0.1, -0.05) is 6.42 Å². The molecule has 0 spiro atoms. The van der Waals surface area contributed by atoms with Gasteiger partial charge >= 0.3 is 0 Å². The molecule has 2 aromatic rings. The van der Waals surface area contributed by atoms with Crippen LogP contribution >= 0.6 is 0 Å². The first-order valence-corrected chi connectivity index (χ1v) is 9.94. The van der Waals surface area contributed by atoms with E-state index in [0.29, 0.717) is 32.0 Å². The summed E-state index contributed by atoms with van der Waals surface area (Å²) in [5.41, 5.74) is 0.813. The largest absolute Gasteiger partial charge is 0.352 e. The molecule has 9 heteroatoms. The molecule has 0 aromatic carbocycles. The lowest BCUT2D eigenvalue weighted by Gasteiger charge is -2.37. The molecule has 0 bridgehead atoms. The Bertz CT molecular complexity index is 897. The molecule has 28 heavy (non-hydrogen) atoms. The summed E-state index contributed by atoms with van der Waals surface area (Å²) < 4.78 is 1.75. The third kappa shape index (κ3) is 3.41. The molecule has 1 saturated heterocycles. The van der Waals surface area contributed by atoms with Crippen LogP contribution in [0.25, 0.3) is 11.0 Å². The average molecular weight is 385 g/mol. The molecule has 1 aliphatic carbocycles. The summed E-state index contributed by atoms with van der Waals surface area (Å²) in [7, 11) is 1.87. The van der Waals surface area contributed by atoms with E-state index >= 15 is 0 Å². The highest BCUT2D eigenvalue weighted by atomic mass is 16.2. The van der Waals surface area contributed by atoms with Gasteiger partial charge in [0.2, 0.25) is 11.8 Å². The van der Waals surface area contributed by atoms with Crippen LogP contribution in [0.5, 0.6) is 0 Å². The van der Waals surface area contributed by atoms with Gasteiger partial charge < -0.3 is 15.1 Å². The number of fused-ring (bicyclic) bond motifs is 1. The summed E-state index contributed by atoms with van der Waals surface area (Å²) in [5, 5.41) is 8.10. The van der Waals surface area contributed by atoms with Gasteiger partial charge in [0.15, 0.2) is 5.65 Å². The number of anilines is 1. The molecule has 1 saturated carbocycles. The van der Waals surface area contributed by atoms with Crippen molar-refractivity contribution in [2.75, 3.05) is 31.1 Å². The molecule has 2 amide bonds. The number of rotatable bonds is 4. The number of carbonyl (C=O) groups excluding carboxylic acids is 2. The highest BCUT2D eigenvalue weighted by Crippen LogP contribution is 2.27. The fourth-order valence-electron chi connectivity index (χ4n) is 3.83. The molecule has 1 N–H and O–H groups in total. The summed E-state index contributed by atoms with van der Waals surface area (Å²) in [6.45, 7) is 6.24. The van der Waals surface area contributed by atoms with Gasteiger partial charge in [0.05, 0.1) is 11.6 Å². The van der Waals surface area contributed by atoms with E-state index in [2.05, 4.69) is 25.3 Å². The maximum absolute atomic E-state index is 12.7. The predicted octanol–water partition coefficient (Wildman–Crippen LogP) is 0.625. The van der Waals surface area contributed by atoms with E-state index in [9.17, 15) is 9.59 Å². The molecule has 150 valence electrons. The summed E-state index contributed by atoms with van der Waals surface area (Å²) in [5.74, 6) is 1.67. The second kappa shape index (κ2) is 7.37. The summed E-state index contributed by atoms with van der Waals surface area (Å²) in [4.78, 5) is 37.9. The monoisotopic (exact) mass is 385 g/mol. The van der Waals surface area contributed by atoms with Crippen molar-refractivity contribution in [2.45, 2.75) is 39.2 Å². The third-order valence-electron chi connectivity index (χ3n) is 5.78.